The van der Waals surface area contributed by atoms with Crippen LogP contribution >= 0.6 is 0 Å². The Kier molecular flexibility index (Phi) is 9.12. The van der Waals surface area contributed by atoms with Gasteiger partial charge in [-0.25, -0.2) is 9.59 Å². The molecule has 45 heavy (non-hydrogen) atoms. The first-order valence-electron chi connectivity index (χ1n) is 17.0. The topological polar surface area (TPSA) is 109 Å². The highest BCUT2D eigenvalue weighted by Crippen LogP contribution is 2.33. The van der Waals surface area contributed by atoms with Gasteiger partial charge in [-0.1, -0.05) is 6.07 Å². The van der Waals surface area contributed by atoms with Crippen LogP contribution in [0.2, 0.25) is 0 Å². The van der Waals surface area contributed by atoms with Gasteiger partial charge in [-0.15, -0.1) is 0 Å². The molecule has 1 aromatic carbocycles. The highest BCUT2D eigenvalue weighted by Gasteiger charge is 2.33. The van der Waals surface area contributed by atoms with E-state index in [1.54, 1.807) is 16.2 Å². The molecule has 5 heterocycles. The smallest absolute Gasteiger partial charge is 0.410 e. The van der Waals surface area contributed by atoms with Gasteiger partial charge in [0.1, 0.15) is 11.6 Å². The zero-order chi connectivity index (χ0) is 31.9. The molecule has 1 atom stereocenters. The van der Waals surface area contributed by atoms with Crippen molar-refractivity contribution in [3.8, 4) is 0 Å². The Labute approximate surface area is 265 Å². The SMILES string of the molecule is Cn1c(=O)n(C2CCC(=O)NC2=O)c2ccc(C3CCN(C4CCN(CC5CCN(C(=O)OC(C)(C)C)CC5)CC4)CC3)cc21. The van der Waals surface area contributed by atoms with Crippen molar-refractivity contribution in [3.63, 3.8) is 0 Å². The van der Waals surface area contributed by atoms with Gasteiger partial charge < -0.3 is 19.4 Å². The summed E-state index contributed by atoms with van der Waals surface area (Å²) >= 11 is 0. The van der Waals surface area contributed by atoms with Gasteiger partial charge in [0, 0.05) is 39.1 Å². The van der Waals surface area contributed by atoms with E-state index in [2.05, 4.69) is 27.2 Å². The van der Waals surface area contributed by atoms with Crippen LogP contribution in [0.15, 0.2) is 23.0 Å². The summed E-state index contributed by atoms with van der Waals surface area (Å²) in [6, 6.07) is 6.23. The van der Waals surface area contributed by atoms with Gasteiger partial charge >= 0.3 is 11.8 Å². The summed E-state index contributed by atoms with van der Waals surface area (Å²) in [5, 5.41) is 2.38. The maximum absolute atomic E-state index is 13.2. The lowest BCUT2D eigenvalue weighted by Gasteiger charge is -2.43. The van der Waals surface area contributed by atoms with Crippen LogP contribution in [0.3, 0.4) is 0 Å². The molecule has 4 fully saturated rings. The number of benzene rings is 1. The van der Waals surface area contributed by atoms with Crippen LogP contribution in [0.5, 0.6) is 0 Å². The number of carbonyl (C=O) groups is 3. The highest BCUT2D eigenvalue weighted by molar-refractivity contribution is 6.00. The van der Waals surface area contributed by atoms with E-state index in [9.17, 15) is 19.2 Å². The second kappa shape index (κ2) is 12.9. The molecule has 4 aliphatic rings. The van der Waals surface area contributed by atoms with Crippen molar-refractivity contribution >= 4 is 28.9 Å². The lowest BCUT2D eigenvalue weighted by molar-refractivity contribution is -0.135. The Morgan fingerprint density at radius 3 is 2.22 bits per heavy atom. The average Bonchev–Trinajstić information content (AvgIpc) is 3.26. The minimum absolute atomic E-state index is 0.180. The lowest BCUT2D eigenvalue weighted by Crippen LogP contribution is -2.49. The first kappa shape index (κ1) is 31.8. The number of imide groups is 1. The molecule has 6 rings (SSSR count). The van der Waals surface area contributed by atoms with Crippen molar-refractivity contribution in [2.24, 2.45) is 13.0 Å². The predicted octanol–water partition coefficient (Wildman–Crippen LogP) is 3.61. The number of piperidine rings is 4. The van der Waals surface area contributed by atoms with Gasteiger partial charge in [0.15, 0.2) is 0 Å². The van der Waals surface area contributed by atoms with E-state index in [4.69, 9.17) is 4.74 Å². The molecule has 0 aliphatic carbocycles. The number of aryl methyl sites for hydroxylation is 1. The van der Waals surface area contributed by atoms with Gasteiger partial charge in [-0.3, -0.25) is 24.0 Å². The van der Waals surface area contributed by atoms with Gasteiger partial charge in [0.25, 0.3) is 0 Å². The Bertz CT molecular complexity index is 1470. The van der Waals surface area contributed by atoms with Crippen LogP contribution in [0.4, 0.5) is 4.79 Å². The molecular formula is C34H50N6O5. The monoisotopic (exact) mass is 622 g/mol. The van der Waals surface area contributed by atoms with Crippen LogP contribution in [0.1, 0.15) is 89.7 Å². The molecule has 1 N–H and O–H groups in total. The molecule has 11 heteroatoms. The third-order valence-electron chi connectivity index (χ3n) is 10.5. The molecule has 4 saturated heterocycles. The zero-order valence-electron chi connectivity index (χ0n) is 27.4. The normalized spacial score (nSPS) is 23.9. The van der Waals surface area contributed by atoms with E-state index in [0.717, 1.165) is 82.5 Å². The van der Waals surface area contributed by atoms with Crippen molar-refractivity contribution < 1.29 is 19.1 Å². The maximum atomic E-state index is 13.2. The number of imidazole rings is 1. The van der Waals surface area contributed by atoms with Crippen LogP contribution in [0, 0.1) is 5.92 Å². The number of carbonyl (C=O) groups excluding carboxylic acids is 3. The quantitative estimate of drug-likeness (QED) is 0.508. The van der Waals surface area contributed by atoms with Crippen molar-refractivity contribution in [2.45, 2.75) is 95.7 Å². The second-order valence-corrected chi connectivity index (χ2v) is 14.7. The number of fused-ring (bicyclic) bond motifs is 1. The predicted molar refractivity (Wildman–Crippen MR) is 172 cm³/mol. The van der Waals surface area contributed by atoms with E-state index in [1.807, 2.05) is 31.7 Å². The summed E-state index contributed by atoms with van der Waals surface area (Å²) in [5.41, 5.74) is 2.18. The van der Waals surface area contributed by atoms with E-state index in [-0.39, 0.29) is 24.1 Å². The van der Waals surface area contributed by atoms with Crippen molar-refractivity contribution in [1.29, 1.82) is 0 Å². The first-order valence-corrected chi connectivity index (χ1v) is 17.0. The second-order valence-electron chi connectivity index (χ2n) is 14.7. The Hall–Kier alpha value is -3.18. The Balaban J connectivity index is 0.977. The van der Waals surface area contributed by atoms with E-state index in [1.165, 1.54) is 18.4 Å². The van der Waals surface area contributed by atoms with E-state index < -0.39 is 17.6 Å². The molecule has 3 amide bonds. The Morgan fingerprint density at radius 1 is 0.889 bits per heavy atom. The van der Waals surface area contributed by atoms with Crippen LogP contribution in [0.25, 0.3) is 11.0 Å². The summed E-state index contributed by atoms with van der Waals surface area (Å²) in [6.45, 7) is 12.9. The highest BCUT2D eigenvalue weighted by atomic mass is 16.6. The summed E-state index contributed by atoms with van der Waals surface area (Å²) in [5.74, 6) is 0.418. The van der Waals surface area contributed by atoms with Gasteiger partial charge in [-0.05, 0) is 121 Å². The number of hydrogen-bond donors (Lipinski definition) is 1. The summed E-state index contributed by atoms with van der Waals surface area (Å²) < 4.78 is 8.75. The molecule has 11 nitrogen and oxygen atoms in total. The van der Waals surface area contributed by atoms with Crippen molar-refractivity contribution in [2.75, 3.05) is 45.8 Å². The van der Waals surface area contributed by atoms with Crippen molar-refractivity contribution in [3.05, 3.63) is 34.2 Å². The molecule has 246 valence electrons. The number of hydrogen-bond acceptors (Lipinski definition) is 7. The standard InChI is InChI=1S/C34H50N6O5/c1-34(2,3)45-33(44)39-17-9-23(10-18-39)22-37-15-13-26(14-16-37)38-19-11-24(12-20-38)25-5-6-27-29(21-25)36(4)32(43)40(27)28-7-8-30(41)35-31(28)42/h5-6,21,23-24,26,28H,7-20,22H2,1-4H3,(H,35,41,42). The summed E-state index contributed by atoms with van der Waals surface area (Å²) in [6.07, 6.45) is 7.13. The average molecular weight is 623 g/mol. The van der Waals surface area contributed by atoms with Crippen molar-refractivity contribution in [1.82, 2.24) is 29.2 Å². The van der Waals surface area contributed by atoms with E-state index in [0.29, 0.717) is 24.3 Å². The minimum Gasteiger partial charge on any atom is -0.444 e. The van der Waals surface area contributed by atoms with E-state index >= 15 is 0 Å². The Morgan fingerprint density at radius 2 is 1.58 bits per heavy atom. The molecule has 0 bridgehead atoms. The molecule has 1 aromatic heterocycles. The fourth-order valence-corrected chi connectivity index (χ4v) is 7.92. The maximum Gasteiger partial charge on any atom is 0.410 e. The fraction of sp³-hybridized carbons (Fsp3) is 0.706. The van der Waals surface area contributed by atoms with Gasteiger partial charge in [0.2, 0.25) is 11.8 Å². The number of nitrogens with one attached hydrogen (secondary N) is 1. The summed E-state index contributed by atoms with van der Waals surface area (Å²) in [7, 11) is 1.76. The number of likely N-dealkylation sites (tertiary alicyclic amines) is 3. The first-order chi connectivity index (χ1) is 21.5. The van der Waals surface area contributed by atoms with Crippen LogP contribution in [-0.4, -0.2) is 99.2 Å². The third kappa shape index (κ3) is 6.99. The number of rotatable bonds is 5. The van der Waals surface area contributed by atoms with Crippen LogP contribution < -0.4 is 11.0 Å². The largest absolute Gasteiger partial charge is 0.444 e. The molecular weight excluding hydrogens is 572 g/mol. The zero-order valence-corrected chi connectivity index (χ0v) is 27.4. The number of amides is 3. The molecule has 0 saturated carbocycles. The number of nitrogens with zero attached hydrogens (tertiary/aromatic N) is 5. The lowest BCUT2D eigenvalue weighted by atomic mass is 9.87. The third-order valence-corrected chi connectivity index (χ3v) is 10.5. The number of aromatic nitrogens is 2. The number of ether oxygens (including phenoxy) is 1. The molecule has 4 aliphatic heterocycles. The van der Waals surface area contributed by atoms with Crippen LogP contribution in [-0.2, 0) is 21.4 Å². The molecule has 2 aromatic rings. The van der Waals surface area contributed by atoms with Gasteiger partial charge in [-0.2, -0.15) is 0 Å². The summed E-state index contributed by atoms with van der Waals surface area (Å²) in [4.78, 5) is 57.0. The molecule has 0 spiro atoms. The fourth-order valence-electron chi connectivity index (χ4n) is 7.92. The molecule has 0 radical (unpaired) electrons. The minimum atomic E-state index is -0.656. The molecule has 1 unspecified atom stereocenters. The van der Waals surface area contributed by atoms with Gasteiger partial charge in [0.05, 0.1) is 11.0 Å².